The molecule has 0 aliphatic rings. The molecule has 68 valence electrons. The smallest absolute Gasteiger partial charge is 0.0935 e. The second kappa shape index (κ2) is 5.76. The summed E-state index contributed by atoms with van der Waals surface area (Å²) in [6.45, 7) is 9.09. The molecular formula is C11H17F. The van der Waals surface area contributed by atoms with Crippen molar-refractivity contribution < 1.29 is 4.39 Å². The first-order chi connectivity index (χ1) is 5.61. The van der Waals surface area contributed by atoms with Gasteiger partial charge in [-0.25, -0.2) is 4.39 Å². The summed E-state index contributed by atoms with van der Waals surface area (Å²) in [6, 6.07) is 0. The largest absolute Gasteiger partial charge is 0.212 e. The Kier molecular flexibility index (Phi) is 5.35. The van der Waals surface area contributed by atoms with Crippen molar-refractivity contribution in [1.29, 1.82) is 0 Å². The van der Waals surface area contributed by atoms with Gasteiger partial charge in [0.2, 0.25) is 0 Å². The Hall–Kier alpha value is -0.850. The SMILES string of the molecule is C=CC[C@H](/C=C(\C)F)/C(C)=C\C. The van der Waals surface area contributed by atoms with Crippen LogP contribution in [0, 0.1) is 5.92 Å². The molecule has 0 fully saturated rings. The fraction of sp³-hybridized carbons (Fsp3) is 0.455. The van der Waals surface area contributed by atoms with Gasteiger partial charge in [0, 0.05) is 5.92 Å². The molecule has 0 aliphatic heterocycles. The molecule has 12 heavy (non-hydrogen) atoms. The van der Waals surface area contributed by atoms with Crippen molar-refractivity contribution >= 4 is 0 Å². The summed E-state index contributed by atoms with van der Waals surface area (Å²) >= 11 is 0. The average molecular weight is 168 g/mol. The van der Waals surface area contributed by atoms with Crippen LogP contribution >= 0.6 is 0 Å². The van der Waals surface area contributed by atoms with Crippen LogP contribution in [0.5, 0.6) is 0 Å². The molecule has 0 bridgehead atoms. The highest BCUT2D eigenvalue weighted by molar-refractivity contribution is 5.12. The van der Waals surface area contributed by atoms with Gasteiger partial charge in [-0.1, -0.05) is 17.7 Å². The third kappa shape index (κ3) is 4.12. The van der Waals surface area contributed by atoms with E-state index in [0.29, 0.717) is 0 Å². The van der Waals surface area contributed by atoms with Crippen molar-refractivity contribution in [1.82, 2.24) is 0 Å². The molecule has 0 N–H and O–H groups in total. The zero-order valence-electron chi connectivity index (χ0n) is 8.10. The van der Waals surface area contributed by atoms with Gasteiger partial charge >= 0.3 is 0 Å². The van der Waals surface area contributed by atoms with E-state index in [0.717, 1.165) is 6.42 Å². The van der Waals surface area contributed by atoms with E-state index < -0.39 is 0 Å². The van der Waals surface area contributed by atoms with Gasteiger partial charge in [-0.05, 0) is 33.3 Å². The molecule has 0 aromatic heterocycles. The monoisotopic (exact) mass is 168 g/mol. The maximum atomic E-state index is 12.6. The van der Waals surface area contributed by atoms with Crippen LogP contribution in [0.3, 0.4) is 0 Å². The van der Waals surface area contributed by atoms with Gasteiger partial charge in [0.1, 0.15) is 0 Å². The van der Waals surface area contributed by atoms with Gasteiger partial charge in [0.15, 0.2) is 0 Å². The molecule has 0 aromatic rings. The molecule has 0 rings (SSSR count). The Labute approximate surface area is 74.5 Å². The summed E-state index contributed by atoms with van der Waals surface area (Å²) in [5.74, 6) is 0.0561. The van der Waals surface area contributed by atoms with Crippen LogP contribution in [0.15, 0.2) is 36.2 Å². The maximum Gasteiger partial charge on any atom is 0.0935 e. The Morgan fingerprint density at radius 3 is 2.42 bits per heavy atom. The highest BCUT2D eigenvalue weighted by Gasteiger charge is 2.04. The minimum Gasteiger partial charge on any atom is -0.212 e. The van der Waals surface area contributed by atoms with E-state index in [2.05, 4.69) is 6.58 Å². The van der Waals surface area contributed by atoms with E-state index in [4.69, 9.17) is 0 Å². The molecule has 0 spiro atoms. The van der Waals surface area contributed by atoms with Gasteiger partial charge in [0.25, 0.3) is 0 Å². The summed E-state index contributed by atoms with van der Waals surface area (Å²) < 4.78 is 12.6. The molecule has 0 unspecified atom stereocenters. The summed E-state index contributed by atoms with van der Waals surface area (Å²) in [5, 5.41) is 0. The van der Waals surface area contributed by atoms with Crippen molar-refractivity contribution in [2.75, 3.05) is 0 Å². The van der Waals surface area contributed by atoms with Crippen molar-refractivity contribution in [3.8, 4) is 0 Å². The highest BCUT2D eigenvalue weighted by Crippen LogP contribution is 2.18. The van der Waals surface area contributed by atoms with E-state index in [1.807, 2.05) is 26.0 Å². The molecule has 1 atom stereocenters. The lowest BCUT2D eigenvalue weighted by Crippen LogP contribution is -1.96. The molecule has 0 saturated heterocycles. The Balaban J connectivity index is 4.43. The first-order valence-electron chi connectivity index (χ1n) is 4.19. The minimum atomic E-state index is -0.122. The van der Waals surface area contributed by atoms with Gasteiger partial charge in [-0.3, -0.25) is 0 Å². The van der Waals surface area contributed by atoms with Crippen LogP contribution in [0.2, 0.25) is 0 Å². The molecule has 0 amide bonds. The van der Waals surface area contributed by atoms with Gasteiger partial charge in [-0.2, -0.15) is 0 Å². The van der Waals surface area contributed by atoms with E-state index in [-0.39, 0.29) is 11.7 Å². The van der Waals surface area contributed by atoms with E-state index in [9.17, 15) is 4.39 Å². The molecule has 0 heterocycles. The Morgan fingerprint density at radius 1 is 1.50 bits per heavy atom. The molecule has 1 heteroatoms. The van der Waals surface area contributed by atoms with Crippen LogP contribution in [0.4, 0.5) is 4.39 Å². The lowest BCUT2D eigenvalue weighted by atomic mass is 9.96. The fourth-order valence-electron chi connectivity index (χ4n) is 1.06. The second-order valence-corrected chi connectivity index (χ2v) is 2.92. The number of hydrogen-bond donors (Lipinski definition) is 0. The predicted octanol–water partition coefficient (Wildman–Crippen LogP) is 4.02. The van der Waals surface area contributed by atoms with Crippen LogP contribution in [0.25, 0.3) is 0 Å². The highest BCUT2D eigenvalue weighted by atomic mass is 19.1. The van der Waals surface area contributed by atoms with Crippen molar-refractivity contribution in [2.45, 2.75) is 27.2 Å². The molecule has 0 aromatic carbocycles. The average Bonchev–Trinajstić information content (AvgIpc) is 2.01. The maximum absolute atomic E-state index is 12.6. The summed E-state index contributed by atoms with van der Waals surface area (Å²) in [4.78, 5) is 0. The lowest BCUT2D eigenvalue weighted by Gasteiger charge is -2.10. The van der Waals surface area contributed by atoms with Crippen molar-refractivity contribution in [3.05, 3.63) is 36.2 Å². The minimum absolute atomic E-state index is 0.122. The van der Waals surface area contributed by atoms with Crippen LogP contribution in [0.1, 0.15) is 27.2 Å². The standard InChI is InChI=1S/C11H17F/c1-5-7-11(8-10(4)12)9(3)6-2/h5-6,8,11H,1,7H2,2-4H3/b9-6-,10-8+/t11-/m1/s1. The van der Waals surface area contributed by atoms with Crippen molar-refractivity contribution in [3.63, 3.8) is 0 Å². The Morgan fingerprint density at radius 2 is 2.08 bits per heavy atom. The summed E-state index contributed by atoms with van der Waals surface area (Å²) in [5.41, 5.74) is 1.19. The van der Waals surface area contributed by atoms with Crippen LogP contribution in [-0.4, -0.2) is 0 Å². The number of halogens is 1. The first-order valence-corrected chi connectivity index (χ1v) is 4.19. The van der Waals surface area contributed by atoms with Crippen molar-refractivity contribution in [2.24, 2.45) is 5.92 Å². The quantitative estimate of drug-likeness (QED) is 0.556. The third-order valence-electron chi connectivity index (χ3n) is 1.89. The van der Waals surface area contributed by atoms with E-state index in [1.165, 1.54) is 12.5 Å². The molecular weight excluding hydrogens is 151 g/mol. The van der Waals surface area contributed by atoms with Gasteiger partial charge in [-0.15, -0.1) is 6.58 Å². The summed E-state index contributed by atoms with van der Waals surface area (Å²) in [7, 11) is 0. The lowest BCUT2D eigenvalue weighted by molar-refractivity contribution is 0.615. The zero-order valence-corrected chi connectivity index (χ0v) is 8.10. The first kappa shape index (κ1) is 11.2. The zero-order chi connectivity index (χ0) is 9.56. The topological polar surface area (TPSA) is 0 Å². The molecule has 0 saturated carbocycles. The Bertz CT molecular complexity index is 195. The number of rotatable bonds is 4. The summed E-state index contributed by atoms with van der Waals surface area (Å²) in [6.07, 6.45) is 6.26. The molecule has 0 aliphatic carbocycles. The fourth-order valence-corrected chi connectivity index (χ4v) is 1.06. The van der Waals surface area contributed by atoms with Crippen LogP contribution in [-0.2, 0) is 0 Å². The molecule has 0 radical (unpaired) electrons. The normalized spacial score (nSPS) is 16.0. The van der Waals surface area contributed by atoms with E-state index in [1.54, 1.807) is 6.08 Å². The number of allylic oxidation sites excluding steroid dienone is 5. The van der Waals surface area contributed by atoms with E-state index >= 15 is 0 Å². The molecule has 0 nitrogen and oxygen atoms in total. The van der Waals surface area contributed by atoms with Gasteiger partial charge < -0.3 is 0 Å². The van der Waals surface area contributed by atoms with Crippen LogP contribution < -0.4 is 0 Å². The second-order valence-electron chi connectivity index (χ2n) is 2.92. The third-order valence-corrected chi connectivity index (χ3v) is 1.89. The number of hydrogen-bond acceptors (Lipinski definition) is 0. The van der Waals surface area contributed by atoms with Gasteiger partial charge in [0.05, 0.1) is 5.83 Å². The predicted molar refractivity (Wildman–Crippen MR) is 52.6 cm³/mol.